The Kier molecular flexibility index (Phi) is 5.96. The molecule has 3 rings (SSSR count). The number of amides is 1. The van der Waals surface area contributed by atoms with E-state index in [-0.39, 0.29) is 11.5 Å². The van der Waals surface area contributed by atoms with Crippen LogP contribution in [0, 0.1) is 0 Å². The van der Waals surface area contributed by atoms with Gasteiger partial charge in [-0.15, -0.1) is 0 Å². The van der Waals surface area contributed by atoms with Crippen molar-refractivity contribution in [2.75, 3.05) is 21.3 Å². The van der Waals surface area contributed by atoms with Crippen molar-refractivity contribution in [2.45, 2.75) is 25.6 Å². The van der Waals surface area contributed by atoms with Crippen LogP contribution in [0.1, 0.15) is 35.2 Å². The fourth-order valence-corrected chi connectivity index (χ4v) is 3.56. The zero-order chi connectivity index (χ0) is 22.1. The lowest BCUT2D eigenvalue weighted by Gasteiger charge is -2.23. The highest BCUT2D eigenvalue weighted by Gasteiger charge is 2.40. The lowest BCUT2D eigenvalue weighted by Crippen LogP contribution is -2.39. The van der Waals surface area contributed by atoms with E-state index in [0.29, 0.717) is 23.3 Å². The highest BCUT2D eigenvalue weighted by atomic mass is 19.4. The van der Waals surface area contributed by atoms with Crippen molar-refractivity contribution in [3.63, 3.8) is 0 Å². The van der Waals surface area contributed by atoms with E-state index in [1.54, 1.807) is 6.07 Å². The summed E-state index contributed by atoms with van der Waals surface area (Å²) in [7, 11) is 4.25. The van der Waals surface area contributed by atoms with Crippen LogP contribution in [-0.4, -0.2) is 33.4 Å². The van der Waals surface area contributed by atoms with E-state index in [4.69, 9.17) is 14.2 Å². The summed E-state index contributed by atoms with van der Waals surface area (Å²) in [5, 5.41) is 2.10. The van der Waals surface area contributed by atoms with Gasteiger partial charge in [-0.25, -0.2) is 0 Å². The summed E-state index contributed by atoms with van der Waals surface area (Å²) in [6.45, 7) is 1.99. The van der Waals surface area contributed by atoms with E-state index >= 15 is 0 Å². The van der Waals surface area contributed by atoms with Gasteiger partial charge in [0.1, 0.15) is 0 Å². The van der Waals surface area contributed by atoms with Gasteiger partial charge in [0.2, 0.25) is 5.75 Å². The molecule has 2 aromatic rings. The number of hydrogen-bond acceptors (Lipinski definition) is 4. The number of methoxy groups -OCH3 is 3. The number of rotatable bonds is 6. The molecule has 0 heterocycles. The van der Waals surface area contributed by atoms with Crippen molar-refractivity contribution < 1.29 is 32.2 Å². The molecule has 0 saturated heterocycles. The summed E-state index contributed by atoms with van der Waals surface area (Å²) < 4.78 is 55.0. The molecule has 1 amide bonds. The Morgan fingerprint density at radius 3 is 2.17 bits per heavy atom. The fourth-order valence-electron chi connectivity index (χ4n) is 3.56. The lowest BCUT2D eigenvalue weighted by molar-refractivity contribution is -0.174. The van der Waals surface area contributed by atoms with E-state index in [9.17, 15) is 18.0 Å². The van der Waals surface area contributed by atoms with E-state index < -0.39 is 18.1 Å². The predicted molar refractivity (Wildman–Crippen MR) is 106 cm³/mol. The second-order valence-corrected chi connectivity index (χ2v) is 6.99. The van der Waals surface area contributed by atoms with Crippen molar-refractivity contribution >= 4 is 12.0 Å². The SMILES string of the molecule is COc1cc(C(NC(=O)C(F)(F)F)c2ccc3c(c2)CC(C)=C3)cc(OC)c1OC. The lowest BCUT2D eigenvalue weighted by atomic mass is 9.94. The predicted octanol–water partition coefficient (Wildman–Crippen LogP) is 4.44. The van der Waals surface area contributed by atoms with Gasteiger partial charge >= 0.3 is 12.1 Å². The number of carbonyl (C=O) groups is 1. The highest BCUT2D eigenvalue weighted by Crippen LogP contribution is 2.41. The summed E-state index contributed by atoms with van der Waals surface area (Å²) in [6.07, 6.45) is -2.28. The number of halogens is 3. The highest BCUT2D eigenvalue weighted by molar-refractivity contribution is 5.82. The summed E-state index contributed by atoms with van der Waals surface area (Å²) in [5.74, 6) is -1.18. The molecule has 2 aromatic carbocycles. The van der Waals surface area contributed by atoms with Crippen LogP contribution < -0.4 is 19.5 Å². The fraction of sp³-hybridized carbons (Fsp3) is 0.318. The Labute approximate surface area is 172 Å². The zero-order valence-electron chi connectivity index (χ0n) is 17.0. The first-order valence-electron chi connectivity index (χ1n) is 9.15. The molecular formula is C22H22F3NO4. The summed E-state index contributed by atoms with van der Waals surface area (Å²) in [4.78, 5) is 11.8. The first kappa shape index (κ1) is 21.5. The molecule has 30 heavy (non-hydrogen) atoms. The number of carbonyl (C=O) groups excluding carboxylic acids is 1. The maximum atomic E-state index is 13.0. The number of ether oxygens (including phenoxy) is 3. The third kappa shape index (κ3) is 4.22. The van der Waals surface area contributed by atoms with Crippen molar-refractivity contribution in [3.8, 4) is 17.2 Å². The third-order valence-electron chi connectivity index (χ3n) is 4.92. The minimum atomic E-state index is -5.02. The van der Waals surface area contributed by atoms with E-state index in [2.05, 4.69) is 5.32 Å². The number of nitrogens with one attached hydrogen (secondary N) is 1. The van der Waals surface area contributed by atoms with Crippen LogP contribution >= 0.6 is 0 Å². The van der Waals surface area contributed by atoms with Gasteiger partial charge in [-0.05, 0) is 47.7 Å². The molecule has 5 nitrogen and oxygen atoms in total. The number of hydrogen-bond donors (Lipinski definition) is 1. The molecule has 0 bridgehead atoms. The maximum Gasteiger partial charge on any atom is 0.471 e. The van der Waals surface area contributed by atoms with Crippen LogP contribution in [0.3, 0.4) is 0 Å². The molecule has 0 aromatic heterocycles. The van der Waals surface area contributed by atoms with E-state index in [1.165, 1.54) is 33.5 Å². The van der Waals surface area contributed by atoms with Crippen LogP contribution in [-0.2, 0) is 11.2 Å². The molecule has 1 aliphatic carbocycles. The van der Waals surface area contributed by atoms with Gasteiger partial charge in [-0.3, -0.25) is 4.79 Å². The van der Waals surface area contributed by atoms with Crippen LogP contribution in [0.2, 0.25) is 0 Å². The quantitative estimate of drug-likeness (QED) is 0.749. The number of alkyl halides is 3. The van der Waals surface area contributed by atoms with Crippen molar-refractivity contribution in [2.24, 2.45) is 0 Å². The van der Waals surface area contributed by atoms with Crippen LogP contribution in [0.4, 0.5) is 13.2 Å². The topological polar surface area (TPSA) is 56.8 Å². The van der Waals surface area contributed by atoms with Crippen LogP contribution in [0.5, 0.6) is 17.2 Å². The molecule has 1 unspecified atom stereocenters. The molecule has 160 valence electrons. The van der Waals surface area contributed by atoms with Gasteiger partial charge in [0.05, 0.1) is 27.4 Å². The molecule has 0 spiro atoms. The maximum absolute atomic E-state index is 13.0. The number of allylic oxidation sites excluding steroid dienone is 1. The first-order valence-corrected chi connectivity index (χ1v) is 9.15. The molecule has 0 saturated carbocycles. The van der Waals surface area contributed by atoms with Gasteiger partial charge in [0, 0.05) is 0 Å². The molecule has 0 fully saturated rings. The molecule has 1 N–H and O–H groups in total. The van der Waals surface area contributed by atoms with Crippen molar-refractivity contribution in [1.82, 2.24) is 5.32 Å². The monoisotopic (exact) mass is 421 g/mol. The van der Waals surface area contributed by atoms with Gasteiger partial charge in [0.15, 0.2) is 11.5 Å². The third-order valence-corrected chi connectivity index (χ3v) is 4.92. The Hall–Kier alpha value is -3.16. The van der Waals surface area contributed by atoms with Gasteiger partial charge < -0.3 is 19.5 Å². The van der Waals surface area contributed by atoms with E-state index in [1.807, 2.05) is 25.1 Å². The average molecular weight is 421 g/mol. The molecule has 1 aliphatic rings. The smallest absolute Gasteiger partial charge is 0.471 e. The average Bonchev–Trinajstić information content (AvgIpc) is 3.08. The largest absolute Gasteiger partial charge is 0.493 e. The van der Waals surface area contributed by atoms with Crippen LogP contribution in [0.15, 0.2) is 35.9 Å². The second kappa shape index (κ2) is 8.30. The second-order valence-electron chi connectivity index (χ2n) is 6.99. The zero-order valence-corrected chi connectivity index (χ0v) is 17.0. The molecule has 0 radical (unpaired) electrons. The van der Waals surface area contributed by atoms with Gasteiger partial charge in [-0.1, -0.05) is 29.8 Å². The van der Waals surface area contributed by atoms with Gasteiger partial charge in [0.25, 0.3) is 0 Å². The molecule has 8 heteroatoms. The first-order chi connectivity index (χ1) is 14.2. The van der Waals surface area contributed by atoms with E-state index in [0.717, 1.165) is 16.7 Å². The molecular weight excluding hydrogens is 399 g/mol. The van der Waals surface area contributed by atoms with Crippen LogP contribution in [0.25, 0.3) is 6.08 Å². The Balaban J connectivity index is 2.12. The van der Waals surface area contributed by atoms with Gasteiger partial charge in [-0.2, -0.15) is 13.2 Å². The Morgan fingerprint density at radius 1 is 1.00 bits per heavy atom. The Morgan fingerprint density at radius 2 is 1.63 bits per heavy atom. The van der Waals surface area contributed by atoms with Crippen molar-refractivity contribution in [3.05, 3.63) is 58.2 Å². The minimum Gasteiger partial charge on any atom is -0.493 e. The minimum absolute atomic E-state index is 0.275. The molecule has 0 aliphatic heterocycles. The standard InChI is InChI=1S/C22H22F3NO4/c1-12-7-13-5-6-14(9-15(13)8-12)19(26-21(27)22(23,24)25)16-10-17(28-2)20(30-4)18(11-16)29-3/h5-7,9-11,19H,8H2,1-4H3,(H,26,27). The Bertz CT molecular complexity index is 973. The summed E-state index contributed by atoms with van der Waals surface area (Å²) >= 11 is 0. The number of fused-ring (bicyclic) bond motifs is 1. The number of benzene rings is 2. The summed E-state index contributed by atoms with van der Waals surface area (Å²) in [5.41, 5.74) is 4.05. The molecule has 1 atom stereocenters. The van der Waals surface area contributed by atoms with Crippen molar-refractivity contribution in [1.29, 1.82) is 0 Å². The summed E-state index contributed by atoms with van der Waals surface area (Å²) in [6, 6.07) is 7.34. The normalized spacial score (nSPS) is 13.9.